The van der Waals surface area contributed by atoms with E-state index in [1.54, 1.807) is 0 Å². The minimum absolute atomic E-state index is 0.259. The van der Waals surface area contributed by atoms with Crippen LogP contribution < -0.4 is 5.73 Å². The van der Waals surface area contributed by atoms with Gasteiger partial charge in [0.15, 0.2) is 0 Å². The van der Waals surface area contributed by atoms with Crippen LogP contribution >= 0.6 is 47.8 Å². The summed E-state index contributed by atoms with van der Waals surface area (Å²) in [5.74, 6) is 0.300. The predicted molar refractivity (Wildman–Crippen MR) is 67.8 cm³/mol. The van der Waals surface area contributed by atoms with Crippen LogP contribution in [0.2, 0.25) is 0 Å². The molecule has 13 heavy (non-hydrogen) atoms. The Labute approximate surface area is 102 Å². The molecular weight excluding hydrogens is 325 g/mol. The average Bonchev–Trinajstić information content (AvgIpc) is 2.16. The SMILES string of the molecule is NC(=O)CI.O[C@H](CS)[C@H](O)CS. The minimum Gasteiger partial charge on any atom is -0.390 e. The molecule has 0 aromatic rings. The largest absolute Gasteiger partial charge is 0.390 e. The molecule has 2 atom stereocenters. The van der Waals surface area contributed by atoms with Crippen molar-refractivity contribution in [2.45, 2.75) is 12.2 Å². The first-order valence-electron chi connectivity index (χ1n) is 3.41. The van der Waals surface area contributed by atoms with Crippen molar-refractivity contribution in [2.75, 3.05) is 15.9 Å². The minimum atomic E-state index is -0.740. The molecule has 0 aliphatic heterocycles. The third kappa shape index (κ3) is 12.8. The average molecular weight is 339 g/mol. The number of aliphatic hydroxyl groups is 2. The van der Waals surface area contributed by atoms with E-state index in [2.05, 4.69) is 31.0 Å². The van der Waals surface area contributed by atoms with Crippen molar-refractivity contribution < 1.29 is 15.0 Å². The second-order valence-electron chi connectivity index (χ2n) is 2.10. The van der Waals surface area contributed by atoms with E-state index in [9.17, 15) is 4.79 Å². The first-order chi connectivity index (χ1) is 5.99. The molecule has 0 aliphatic rings. The van der Waals surface area contributed by atoms with Crippen molar-refractivity contribution in [1.82, 2.24) is 0 Å². The Morgan fingerprint density at radius 1 is 1.31 bits per heavy atom. The molecular formula is C6H14INO3S2. The first-order valence-corrected chi connectivity index (χ1v) is 6.20. The molecule has 0 saturated carbocycles. The van der Waals surface area contributed by atoms with Crippen molar-refractivity contribution in [2.24, 2.45) is 5.73 Å². The highest BCUT2D eigenvalue weighted by Crippen LogP contribution is 1.96. The molecule has 1 amide bonds. The van der Waals surface area contributed by atoms with Gasteiger partial charge in [-0.05, 0) is 0 Å². The van der Waals surface area contributed by atoms with Gasteiger partial charge in [0.2, 0.25) is 5.91 Å². The Morgan fingerprint density at radius 2 is 1.54 bits per heavy atom. The molecule has 4 nitrogen and oxygen atoms in total. The van der Waals surface area contributed by atoms with Crippen molar-refractivity contribution in [3.05, 3.63) is 0 Å². The highest BCUT2D eigenvalue weighted by molar-refractivity contribution is 14.1. The summed E-state index contributed by atoms with van der Waals surface area (Å²) < 4.78 is 0.414. The zero-order valence-corrected chi connectivity index (χ0v) is 10.9. The van der Waals surface area contributed by atoms with Crippen LogP contribution in [-0.4, -0.2) is 44.3 Å². The number of amides is 1. The zero-order valence-electron chi connectivity index (χ0n) is 6.93. The summed E-state index contributed by atoms with van der Waals surface area (Å²) in [6.45, 7) is 0. The van der Waals surface area contributed by atoms with E-state index in [1.807, 2.05) is 22.6 Å². The lowest BCUT2D eigenvalue weighted by molar-refractivity contribution is -0.115. The normalized spacial score (nSPS) is 13.9. The summed E-state index contributed by atoms with van der Waals surface area (Å²) in [5, 5.41) is 17.5. The molecule has 0 heterocycles. The fourth-order valence-corrected chi connectivity index (χ4v) is 0.730. The number of aliphatic hydroxyl groups excluding tert-OH is 2. The molecule has 0 aromatic carbocycles. The smallest absolute Gasteiger partial charge is 0.227 e. The summed E-state index contributed by atoms with van der Waals surface area (Å²) in [7, 11) is 0. The number of halogens is 1. The second-order valence-corrected chi connectivity index (χ2v) is 3.59. The number of carbonyl (C=O) groups is 1. The number of nitrogens with two attached hydrogens (primary N) is 1. The Morgan fingerprint density at radius 3 is 1.62 bits per heavy atom. The van der Waals surface area contributed by atoms with Gasteiger partial charge in [0.05, 0.1) is 16.6 Å². The summed E-state index contributed by atoms with van der Waals surface area (Å²) in [6, 6.07) is 0. The van der Waals surface area contributed by atoms with Gasteiger partial charge in [0.25, 0.3) is 0 Å². The first kappa shape index (κ1) is 16.3. The van der Waals surface area contributed by atoms with E-state index >= 15 is 0 Å². The van der Waals surface area contributed by atoms with Crippen molar-refractivity contribution in [3.8, 4) is 0 Å². The third-order valence-electron chi connectivity index (χ3n) is 0.950. The Bertz CT molecular complexity index is 131. The van der Waals surface area contributed by atoms with Gasteiger partial charge < -0.3 is 15.9 Å². The number of carbonyl (C=O) groups excluding carboxylic acids is 1. The van der Waals surface area contributed by atoms with Crippen LogP contribution in [0.15, 0.2) is 0 Å². The topological polar surface area (TPSA) is 83.6 Å². The van der Waals surface area contributed by atoms with Crippen LogP contribution in [-0.2, 0) is 4.79 Å². The van der Waals surface area contributed by atoms with E-state index in [0.29, 0.717) is 4.43 Å². The lowest BCUT2D eigenvalue weighted by atomic mass is 10.3. The molecule has 0 saturated heterocycles. The van der Waals surface area contributed by atoms with Crippen molar-refractivity contribution in [1.29, 1.82) is 0 Å². The van der Waals surface area contributed by atoms with Crippen LogP contribution in [0.4, 0.5) is 0 Å². The van der Waals surface area contributed by atoms with Gasteiger partial charge in [-0.1, -0.05) is 22.6 Å². The van der Waals surface area contributed by atoms with E-state index in [0.717, 1.165) is 0 Å². The number of thiol groups is 2. The Hall–Kier alpha value is 0.820. The molecule has 0 bridgehead atoms. The summed E-state index contributed by atoms with van der Waals surface area (Å²) in [4.78, 5) is 9.58. The lowest BCUT2D eigenvalue weighted by Gasteiger charge is -2.11. The van der Waals surface area contributed by atoms with Crippen LogP contribution in [0.5, 0.6) is 0 Å². The monoisotopic (exact) mass is 339 g/mol. The summed E-state index contributed by atoms with van der Waals surface area (Å²) in [6.07, 6.45) is -1.48. The molecule has 0 fully saturated rings. The molecule has 7 heteroatoms. The zero-order chi connectivity index (χ0) is 10.9. The van der Waals surface area contributed by atoms with Gasteiger partial charge in [0, 0.05) is 11.5 Å². The van der Waals surface area contributed by atoms with Gasteiger partial charge in [-0.15, -0.1) is 0 Å². The van der Waals surface area contributed by atoms with Gasteiger partial charge in [-0.2, -0.15) is 25.3 Å². The quantitative estimate of drug-likeness (QED) is 0.271. The van der Waals surface area contributed by atoms with E-state index in [4.69, 9.17) is 10.2 Å². The number of rotatable bonds is 4. The molecule has 0 spiro atoms. The number of hydrogen-bond acceptors (Lipinski definition) is 5. The molecule has 0 aliphatic carbocycles. The third-order valence-corrected chi connectivity index (χ3v) is 2.45. The second kappa shape index (κ2) is 10.9. The summed E-state index contributed by atoms with van der Waals surface area (Å²) in [5.41, 5.74) is 4.65. The maximum Gasteiger partial charge on any atom is 0.227 e. The summed E-state index contributed by atoms with van der Waals surface area (Å²) >= 11 is 9.43. The van der Waals surface area contributed by atoms with Crippen LogP contribution in [0, 0.1) is 0 Å². The highest BCUT2D eigenvalue weighted by Gasteiger charge is 2.10. The maximum absolute atomic E-state index is 9.58. The Kier molecular flexibility index (Phi) is 13.6. The van der Waals surface area contributed by atoms with Gasteiger partial charge in [-0.25, -0.2) is 0 Å². The van der Waals surface area contributed by atoms with E-state index in [1.165, 1.54) is 0 Å². The Balaban J connectivity index is 0. The molecule has 80 valence electrons. The van der Waals surface area contributed by atoms with E-state index < -0.39 is 12.2 Å². The fourth-order valence-electron chi connectivity index (χ4n) is 0.243. The lowest BCUT2D eigenvalue weighted by Crippen LogP contribution is -2.28. The number of hydrogen-bond donors (Lipinski definition) is 5. The maximum atomic E-state index is 9.58. The van der Waals surface area contributed by atoms with Crippen LogP contribution in [0.3, 0.4) is 0 Å². The highest BCUT2D eigenvalue weighted by atomic mass is 127. The molecule has 4 N–H and O–H groups in total. The van der Waals surface area contributed by atoms with E-state index in [-0.39, 0.29) is 17.4 Å². The van der Waals surface area contributed by atoms with Gasteiger partial charge in [-0.3, -0.25) is 4.79 Å². The fraction of sp³-hybridized carbons (Fsp3) is 0.833. The number of alkyl halides is 1. The van der Waals surface area contributed by atoms with Gasteiger partial charge in [0.1, 0.15) is 0 Å². The standard InChI is InChI=1S/C4H10O2S2.C2H4INO/c5-3(1-7)4(6)2-8;3-1-2(4)5/h3-8H,1-2H2;1H2,(H2,4,5)/t3-,4-;/m1./s1. The van der Waals surface area contributed by atoms with Crippen LogP contribution in [0.25, 0.3) is 0 Å². The van der Waals surface area contributed by atoms with Crippen molar-refractivity contribution >= 4 is 53.8 Å². The molecule has 0 rings (SSSR count). The molecule has 0 aromatic heterocycles. The molecule has 0 unspecified atom stereocenters. The molecule has 0 radical (unpaired) electrons. The predicted octanol–water partition coefficient (Wildman–Crippen LogP) is -0.525. The van der Waals surface area contributed by atoms with Gasteiger partial charge >= 0.3 is 0 Å². The van der Waals surface area contributed by atoms with Crippen LogP contribution in [0.1, 0.15) is 0 Å². The number of primary amides is 1. The van der Waals surface area contributed by atoms with Crippen molar-refractivity contribution in [3.63, 3.8) is 0 Å².